The van der Waals surface area contributed by atoms with E-state index in [0.717, 1.165) is 37.0 Å². The van der Waals surface area contributed by atoms with Crippen LogP contribution in [0.25, 0.3) is 0 Å². The van der Waals surface area contributed by atoms with Crippen LogP contribution in [-0.2, 0) is 9.59 Å². The quantitative estimate of drug-likeness (QED) is 0.850. The molecule has 122 valence electrons. The number of rotatable bonds is 2. The SMILES string of the molecule is CC(C)C1C(=O)NCCN1C(=O)C12CC3CC(CC(C3)C1)C2. The maximum atomic E-state index is 13.5. The van der Waals surface area contributed by atoms with E-state index >= 15 is 0 Å². The normalized spacial score (nSPS) is 43.6. The van der Waals surface area contributed by atoms with E-state index in [2.05, 4.69) is 19.2 Å². The minimum Gasteiger partial charge on any atom is -0.353 e. The molecule has 1 N–H and O–H groups in total. The second-order valence-corrected chi connectivity index (χ2v) is 8.68. The Balaban J connectivity index is 1.61. The van der Waals surface area contributed by atoms with Gasteiger partial charge in [0.2, 0.25) is 11.8 Å². The first kappa shape index (κ1) is 14.5. The van der Waals surface area contributed by atoms with Crippen LogP contribution in [0.2, 0.25) is 0 Å². The van der Waals surface area contributed by atoms with Gasteiger partial charge in [0.25, 0.3) is 0 Å². The molecule has 4 aliphatic carbocycles. The molecule has 4 nitrogen and oxygen atoms in total. The molecule has 4 bridgehead atoms. The van der Waals surface area contributed by atoms with E-state index in [1.165, 1.54) is 19.3 Å². The number of nitrogens with one attached hydrogen (secondary N) is 1. The molecule has 1 unspecified atom stereocenters. The summed E-state index contributed by atoms with van der Waals surface area (Å²) in [6, 6.07) is -0.269. The fraction of sp³-hybridized carbons (Fsp3) is 0.889. The molecule has 5 aliphatic rings. The summed E-state index contributed by atoms with van der Waals surface area (Å²) < 4.78 is 0. The van der Waals surface area contributed by atoms with Gasteiger partial charge in [-0.2, -0.15) is 0 Å². The molecule has 1 saturated heterocycles. The standard InChI is InChI=1S/C18H28N2O2/c1-11(2)15-16(21)19-3-4-20(15)17(22)18-8-12-5-13(9-18)7-14(6-12)10-18/h11-15H,3-10H2,1-2H3,(H,19,21). The van der Waals surface area contributed by atoms with E-state index in [4.69, 9.17) is 0 Å². The third-order valence-corrected chi connectivity index (χ3v) is 6.64. The highest BCUT2D eigenvalue weighted by Crippen LogP contribution is 2.60. The number of nitrogens with zero attached hydrogens (tertiary/aromatic N) is 1. The minimum absolute atomic E-state index is 0.0410. The predicted molar refractivity (Wildman–Crippen MR) is 84.0 cm³/mol. The second-order valence-electron chi connectivity index (χ2n) is 8.68. The second kappa shape index (κ2) is 4.97. The first-order valence-electron chi connectivity index (χ1n) is 9.07. The Kier molecular flexibility index (Phi) is 3.28. The average Bonchev–Trinajstić information content (AvgIpc) is 2.44. The molecule has 1 heterocycles. The van der Waals surface area contributed by atoms with Gasteiger partial charge in [0.1, 0.15) is 6.04 Å². The summed E-state index contributed by atoms with van der Waals surface area (Å²) in [4.78, 5) is 27.7. The van der Waals surface area contributed by atoms with Gasteiger partial charge in [-0.05, 0) is 62.2 Å². The highest BCUT2D eigenvalue weighted by molar-refractivity contribution is 5.91. The topological polar surface area (TPSA) is 49.4 Å². The number of piperazine rings is 1. The lowest BCUT2D eigenvalue weighted by molar-refractivity contribution is -0.165. The molecule has 0 spiro atoms. The average molecular weight is 304 g/mol. The van der Waals surface area contributed by atoms with Gasteiger partial charge in [0.15, 0.2) is 0 Å². The Morgan fingerprint density at radius 1 is 1.14 bits per heavy atom. The van der Waals surface area contributed by atoms with Crippen LogP contribution in [0.1, 0.15) is 52.4 Å². The molecule has 0 aromatic carbocycles. The van der Waals surface area contributed by atoms with Crippen molar-refractivity contribution in [1.29, 1.82) is 0 Å². The van der Waals surface area contributed by atoms with Crippen molar-refractivity contribution >= 4 is 11.8 Å². The fourth-order valence-electron chi connectivity index (χ4n) is 6.25. The van der Waals surface area contributed by atoms with Crippen molar-refractivity contribution < 1.29 is 9.59 Å². The minimum atomic E-state index is -0.269. The zero-order chi connectivity index (χ0) is 15.5. The molecule has 0 aromatic heterocycles. The summed E-state index contributed by atoms with van der Waals surface area (Å²) in [7, 11) is 0. The molecule has 1 atom stereocenters. The van der Waals surface area contributed by atoms with Crippen molar-refractivity contribution in [3.8, 4) is 0 Å². The van der Waals surface area contributed by atoms with Gasteiger partial charge in [-0.25, -0.2) is 0 Å². The summed E-state index contributed by atoms with van der Waals surface area (Å²) in [5.74, 6) is 2.83. The third-order valence-electron chi connectivity index (χ3n) is 6.64. The lowest BCUT2D eigenvalue weighted by atomic mass is 9.49. The number of amides is 2. The van der Waals surface area contributed by atoms with E-state index in [1.807, 2.05) is 4.90 Å². The van der Waals surface area contributed by atoms with Crippen molar-refractivity contribution in [2.24, 2.45) is 29.1 Å². The smallest absolute Gasteiger partial charge is 0.243 e. The van der Waals surface area contributed by atoms with Gasteiger partial charge in [0, 0.05) is 13.1 Å². The van der Waals surface area contributed by atoms with Crippen LogP contribution in [0.5, 0.6) is 0 Å². The molecule has 4 heteroatoms. The first-order chi connectivity index (χ1) is 10.5. The van der Waals surface area contributed by atoms with Gasteiger partial charge in [-0.15, -0.1) is 0 Å². The van der Waals surface area contributed by atoms with Crippen LogP contribution in [0.3, 0.4) is 0 Å². The summed E-state index contributed by atoms with van der Waals surface area (Å²) in [6.45, 7) is 5.40. The van der Waals surface area contributed by atoms with Gasteiger partial charge in [0.05, 0.1) is 5.41 Å². The third kappa shape index (κ3) is 2.10. The molecule has 4 saturated carbocycles. The highest BCUT2D eigenvalue weighted by Gasteiger charge is 2.56. The molecule has 1 aliphatic heterocycles. The van der Waals surface area contributed by atoms with Crippen molar-refractivity contribution in [2.75, 3.05) is 13.1 Å². The number of hydrogen-bond donors (Lipinski definition) is 1. The summed E-state index contributed by atoms with van der Waals surface area (Å²) in [6.07, 6.45) is 7.30. The first-order valence-corrected chi connectivity index (χ1v) is 9.07. The molecular formula is C18H28N2O2. The van der Waals surface area contributed by atoms with E-state index < -0.39 is 0 Å². The van der Waals surface area contributed by atoms with Crippen molar-refractivity contribution in [3.63, 3.8) is 0 Å². The van der Waals surface area contributed by atoms with Crippen molar-refractivity contribution in [3.05, 3.63) is 0 Å². The summed E-state index contributed by atoms with van der Waals surface area (Å²) in [5.41, 5.74) is -0.125. The van der Waals surface area contributed by atoms with Crippen molar-refractivity contribution in [2.45, 2.75) is 58.4 Å². The van der Waals surface area contributed by atoms with Gasteiger partial charge in [-0.3, -0.25) is 9.59 Å². The Bertz CT molecular complexity index is 464. The Labute approximate surface area is 133 Å². The molecule has 5 fully saturated rings. The largest absolute Gasteiger partial charge is 0.353 e. The Hall–Kier alpha value is -1.06. The zero-order valence-electron chi connectivity index (χ0n) is 13.8. The van der Waals surface area contributed by atoms with Crippen LogP contribution in [0.15, 0.2) is 0 Å². The zero-order valence-corrected chi connectivity index (χ0v) is 13.8. The molecule has 0 radical (unpaired) electrons. The monoisotopic (exact) mass is 304 g/mol. The van der Waals surface area contributed by atoms with E-state index in [9.17, 15) is 9.59 Å². The molecule has 5 rings (SSSR count). The number of hydrogen-bond acceptors (Lipinski definition) is 2. The highest BCUT2D eigenvalue weighted by atomic mass is 16.2. The lowest BCUT2D eigenvalue weighted by Crippen LogP contribution is -2.64. The summed E-state index contributed by atoms with van der Waals surface area (Å²) >= 11 is 0. The van der Waals surface area contributed by atoms with Crippen molar-refractivity contribution in [1.82, 2.24) is 10.2 Å². The Morgan fingerprint density at radius 3 is 2.18 bits per heavy atom. The van der Waals surface area contributed by atoms with E-state index in [-0.39, 0.29) is 23.3 Å². The number of carbonyl (C=O) groups excluding carboxylic acids is 2. The van der Waals surface area contributed by atoms with Crippen LogP contribution in [0.4, 0.5) is 0 Å². The summed E-state index contributed by atoms with van der Waals surface area (Å²) in [5, 5.41) is 2.94. The molecule has 0 aromatic rings. The van der Waals surface area contributed by atoms with E-state index in [1.54, 1.807) is 0 Å². The molecular weight excluding hydrogens is 276 g/mol. The molecule has 22 heavy (non-hydrogen) atoms. The van der Waals surface area contributed by atoms with Crippen LogP contribution >= 0.6 is 0 Å². The van der Waals surface area contributed by atoms with Gasteiger partial charge < -0.3 is 10.2 Å². The van der Waals surface area contributed by atoms with Gasteiger partial charge >= 0.3 is 0 Å². The fourth-order valence-corrected chi connectivity index (χ4v) is 6.25. The number of carbonyl (C=O) groups is 2. The predicted octanol–water partition coefficient (Wildman–Crippen LogP) is 2.19. The molecule has 2 amide bonds. The van der Waals surface area contributed by atoms with E-state index in [0.29, 0.717) is 19.0 Å². The van der Waals surface area contributed by atoms with Gasteiger partial charge in [-0.1, -0.05) is 13.8 Å². The van der Waals surface area contributed by atoms with Crippen LogP contribution in [0, 0.1) is 29.1 Å². The maximum Gasteiger partial charge on any atom is 0.243 e. The van der Waals surface area contributed by atoms with Crippen LogP contribution < -0.4 is 5.32 Å². The Morgan fingerprint density at radius 2 is 1.68 bits per heavy atom. The maximum absolute atomic E-state index is 13.5. The van der Waals surface area contributed by atoms with Crippen LogP contribution in [-0.4, -0.2) is 35.8 Å². The lowest BCUT2D eigenvalue weighted by Gasteiger charge is -2.57.